The minimum Gasteiger partial charge on any atom is -0.457 e. The second-order valence-electron chi connectivity index (χ2n) is 38.0. The van der Waals surface area contributed by atoms with Gasteiger partial charge in [-0.05, 0) is 101 Å². The second-order valence-corrected chi connectivity index (χ2v) is 38.0. The largest absolute Gasteiger partial charge is 0.457 e. The summed E-state index contributed by atoms with van der Waals surface area (Å²) in [6.07, 6.45) is 12.5. The van der Waals surface area contributed by atoms with Crippen molar-refractivity contribution in [2.24, 2.45) is 11.5 Å². The molecule has 0 radical (unpaired) electrons. The van der Waals surface area contributed by atoms with Gasteiger partial charge in [0, 0.05) is 299 Å². The third kappa shape index (κ3) is 28.4. The number of alkyl carbamates (subject to hydrolysis) is 1. The van der Waals surface area contributed by atoms with E-state index in [1.165, 1.54) is 77.0 Å². The van der Waals surface area contributed by atoms with Gasteiger partial charge in [-0.1, -0.05) is 75.9 Å². The molecule has 5 amide bonds. The summed E-state index contributed by atoms with van der Waals surface area (Å²) in [5, 5.41) is 42.2. The van der Waals surface area contributed by atoms with Crippen LogP contribution in [0.5, 0.6) is 0 Å². The number of carbonyl (C=O) groups is 8. The molecule has 38 heteroatoms. The first-order valence-electron chi connectivity index (χ1n) is 51.0. The van der Waals surface area contributed by atoms with Crippen LogP contribution in [0.15, 0.2) is 82.4 Å². The molecule has 4 aromatic heterocycles. The van der Waals surface area contributed by atoms with E-state index in [1.807, 2.05) is 60.7 Å². The number of hydrogen-bond donors (Lipinski definition) is 14. The minimum absolute atomic E-state index is 0.0380. The maximum atomic E-state index is 14.2. The number of ether oxygens (including phenoxy) is 4. The highest BCUT2D eigenvalue weighted by molar-refractivity contribution is 5.96. The lowest BCUT2D eigenvalue weighted by molar-refractivity contribution is -0.189. The molecule has 2 aromatic carbocycles. The number of amides is 5. The first-order chi connectivity index (χ1) is 67.3. The van der Waals surface area contributed by atoms with Crippen LogP contribution < -0.4 is 86.4 Å². The molecule has 6 aromatic rings. The zero-order valence-electron chi connectivity index (χ0n) is 81.2. The van der Waals surface area contributed by atoms with Gasteiger partial charge in [-0.2, -0.15) is 0 Å². The number of imide groups is 1. The van der Waals surface area contributed by atoms with Crippen molar-refractivity contribution in [3.05, 3.63) is 127 Å². The van der Waals surface area contributed by atoms with Gasteiger partial charge in [0.1, 0.15) is 19.8 Å². The number of hydrogen-bond acceptors (Lipinski definition) is 32. The van der Waals surface area contributed by atoms with Crippen LogP contribution in [-0.2, 0) is 90.0 Å². The topological polar surface area (TPSA) is 459 Å². The van der Waals surface area contributed by atoms with Gasteiger partial charge >= 0.3 is 24.0 Å². The van der Waals surface area contributed by atoms with E-state index in [0.717, 1.165) is 197 Å². The summed E-state index contributed by atoms with van der Waals surface area (Å²) in [4.78, 5) is 162. The summed E-state index contributed by atoms with van der Waals surface area (Å²) in [6.45, 7) is 27.5. The summed E-state index contributed by atoms with van der Waals surface area (Å²) < 4.78 is 26.1. The highest BCUT2D eigenvalue weighted by Gasteiger charge is 2.53. The number of cyclic esters (lactones) is 2. The maximum absolute atomic E-state index is 14.2. The summed E-state index contributed by atoms with van der Waals surface area (Å²) in [5.74, 6) is -4.59. The summed E-state index contributed by atoms with van der Waals surface area (Å²) in [7, 11) is 0. The number of esters is 3. The molecule has 754 valence electrons. The van der Waals surface area contributed by atoms with Crippen LogP contribution in [-0.4, -0.2) is 343 Å². The van der Waals surface area contributed by atoms with E-state index < -0.39 is 59.1 Å². The highest BCUT2D eigenvalue weighted by atomic mass is 16.6. The lowest BCUT2D eigenvalue weighted by atomic mass is 9.85. The van der Waals surface area contributed by atoms with Crippen LogP contribution in [0.2, 0.25) is 0 Å². The number of fused-ring (bicyclic) bond motifs is 10. The molecule has 0 bridgehead atoms. The summed E-state index contributed by atoms with van der Waals surface area (Å²) in [6, 6.07) is 25.0. The monoisotopic (exact) mass is 1910 g/mol. The molecule has 4 aliphatic heterocycles. The fourth-order valence-corrected chi connectivity index (χ4v) is 19.5. The number of carbonyl (C=O) groups excluding carboxylic acids is 8. The normalized spacial score (nSPS) is 17.8. The molecule has 4 aliphatic carbocycles. The average Bonchev–Trinajstić information content (AvgIpc) is 1.31. The Labute approximate surface area is 809 Å². The zero-order chi connectivity index (χ0) is 96.6. The predicted molar refractivity (Wildman–Crippen MR) is 529 cm³/mol. The number of nitrogens with one attached hydrogen (secondary N) is 12. The standard InChI is InChI=1S/C100H150N24O14/c1-3-99(81-63-85-92-73(61-71-13-5-7-23-83(71)114-92)66-123(85)94(130)79(81)68-135-96(99)132)137-91(129)65-113-89(127)26-25-87(125)111-44-52-119(49-41-109-76-17-10-18-76)56-58-120(50-42-110-77-19-11-20-77)57-55-117(45-30-102)46-37-106-38-48-121(70-107-40-54-122(78-21-12-22-78)53-39-103-31-29-101)60-59-118(47-36-105-33-32-104-34-35-108-75-15-9-16-75)51-43-112-88(126)27-28-90(128)116-98(134)138-100(4-2)82-64-86-93-74(62-72-14-6-8-24-84(72)115-93)67-124(86)95(131)80(82)69-136-97(100)133/h5-8,13-14,23-24,61-64,75-78,103-110H,3-4,9-12,15-22,25-60,65-70,101-102H2,1-2H3,(H,111,125)(H,112,126)(H,113,127)(H,116,128,134)/t99-,100-/m0/s1. The number of rotatable bonds is 64. The molecule has 138 heavy (non-hydrogen) atoms. The first-order valence-corrected chi connectivity index (χ1v) is 51.0. The number of nitrogens with two attached hydrogens (primary N) is 2. The molecule has 0 unspecified atom stereocenters. The molecular formula is C100H150N24O14. The van der Waals surface area contributed by atoms with Gasteiger partial charge in [-0.3, -0.25) is 68.3 Å². The Morgan fingerprint density at radius 2 is 0.833 bits per heavy atom. The molecule has 14 rings (SSSR count). The van der Waals surface area contributed by atoms with Crippen LogP contribution in [0.25, 0.3) is 44.6 Å². The molecule has 8 aliphatic rings. The van der Waals surface area contributed by atoms with Crippen molar-refractivity contribution in [1.29, 1.82) is 0 Å². The third-order valence-corrected chi connectivity index (χ3v) is 28.8. The summed E-state index contributed by atoms with van der Waals surface area (Å²) >= 11 is 0. The number of aromatic nitrogens is 4. The molecule has 8 heterocycles. The van der Waals surface area contributed by atoms with Crippen LogP contribution in [0.3, 0.4) is 0 Å². The van der Waals surface area contributed by atoms with Crippen molar-refractivity contribution in [2.45, 2.75) is 191 Å². The van der Waals surface area contributed by atoms with Gasteiger partial charge in [0.25, 0.3) is 11.1 Å². The predicted octanol–water partition coefficient (Wildman–Crippen LogP) is 1.51. The number of para-hydroxylation sites is 2. The van der Waals surface area contributed by atoms with E-state index in [1.54, 1.807) is 35.1 Å². The lowest BCUT2D eigenvalue weighted by Crippen LogP contribution is -2.49. The van der Waals surface area contributed by atoms with Crippen LogP contribution >= 0.6 is 0 Å². The van der Waals surface area contributed by atoms with Gasteiger partial charge in [0.2, 0.25) is 34.8 Å². The van der Waals surface area contributed by atoms with E-state index in [4.69, 9.17) is 40.4 Å². The third-order valence-electron chi connectivity index (χ3n) is 28.8. The summed E-state index contributed by atoms with van der Waals surface area (Å²) in [5.41, 5.74) is 13.6. The molecule has 2 atom stereocenters. The molecule has 4 saturated carbocycles. The molecule has 0 saturated heterocycles. The van der Waals surface area contributed by atoms with Gasteiger partial charge in [0.05, 0.1) is 58.0 Å². The molecule has 0 spiro atoms. The molecule has 38 nitrogen and oxygen atoms in total. The Balaban J connectivity index is 0.546. The quantitative estimate of drug-likeness (QED) is 0.0111. The molecule has 4 fully saturated rings. The number of nitrogens with zero attached hydrogens (tertiary/aromatic N) is 10. The number of benzene rings is 2. The van der Waals surface area contributed by atoms with Crippen molar-refractivity contribution >= 4 is 69.4 Å². The van der Waals surface area contributed by atoms with Crippen molar-refractivity contribution < 1.29 is 57.3 Å². The maximum Gasteiger partial charge on any atom is 0.415 e. The van der Waals surface area contributed by atoms with Gasteiger partial charge < -0.3 is 98.0 Å². The van der Waals surface area contributed by atoms with Crippen molar-refractivity contribution in [3.8, 4) is 22.8 Å². The Kier molecular flexibility index (Phi) is 39.7. The van der Waals surface area contributed by atoms with E-state index in [2.05, 4.69) is 93.2 Å². The second kappa shape index (κ2) is 52.7. The van der Waals surface area contributed by atoms with Gasteiger partial charge in [-0.25, -0.2) is 24.4 Å². The Hall–Kier alpha value is -9.72. The fourth-order valence-electron chi connectivity index (χ4n) is 19.5. The first kappa shape index (κ1) is 104. The van der Waals surface area contributed by atoms with E-state index >= 15 is 0 Å². The average molecular weight is 1910 g/mol. The molecule has 16 N–H and O–H groups in total. The van der Waals surface area contributed by atoms with Crippen molar-refractivity contribution in [3.63, 3.8) is 0 Å². The van der Waals surface area contributed by atoms with Gasteiger partial charge in [0.15, 0.2) is 0 Å². The van der Waals surface area contributed by atoms with Crippen molar-refractivity contribution in [1.82, 2.24) is 112 Å². The highest BCUT2D eigenvalue weighted by Crippen LogP contribution is 2.44. The van der Waals surface area contributed by atoms with Crippen LogP contribution in [0, 0.1) is 0 Å². The molecular weight excluding hydrogens is 1760 g/mol. The van der Waals surface area contributed by atoms with E-state index in [0.29, 0.717) is 99.4 Å². The van der Waals surface area contributed by atoms with E-state index in [9.17, 15) is 47.9 Å². The Morgan fingerprint density at radius 1 is 0.428 bits per heavy atom. The minimum atomic E-state index is -2.04. The number of pyridine rings is 4. The van der Waals surface area contributed by atoms with Crippen molar-refractivity contribution in [2.75, 3.05) is 223 Å². The smallest absolute Gasteiger partial charge is 0.415 e. The Bertz CT molecular complexity index is 5200. The lowest BCUT2D eigenvalue weighted by Gasteiger charge is -2.38. The van der Waals surface area contributed by atoms with Crippen LogP contribution in [0.1, 0.15) is 163 Å². The SMILES string of the molecule is CC[C@@]1(OC(=O)CNC(=O)CCC(=O)NCCN(CCNC2CCC2)CCN(CCNC2CCC2)CCN(CCN)CCNCCN(CCN(CCNCCNCCNC2CCC2)CCNC(=O)CCC(=O)NC(=O)O[C@]2(CC)C(=O)OCc3c2cc2n(c3=O)Cc3cc4ccccc4nc3-2)CNCCN(CCNCCN)C2CCC2)C(=O)OCc2c1cc1n(c2=O)Cc2cc3ccccc3nc2-1. The Morgan fingerprint density at radius 3 is 1.32 bits per heavy atom. The van der Waals surface area contributed by atoms with Gasteiger partial charge in [-0.15, -0.1) is 0 Å². The zero-order valence-corrected chi connectivity index (χ0v) is 81.2. The van der Waals surface area contributed by atoms with E-state index in [-0.39, 0.29) is 104 Å². The fraction of sp³-hybridized carbons (Fsp3) is 0.640. The van der Waals surface area contributed by atoms with Crippen LogP contribution in [0.4, 0.5) is 4.79 Å².